The van der Waals surface area contributed by atoms with E-state index in [-0.39, 0.29) is 6.04 Å². The summed E-state index contributed by atoms with van der Waals surface area (Å²) in [6.07, 6.45) is 3.22. The van der Waals surface area contributed by atoms with E-state index in [4.69, 9.17) is 0 Å². The highest BCUT2D eigenvalue weighted by Gasteiger charge is 2.25. The van der Waals surface area contributed by atoms with Gasteiger partial charge in [-0.25, -0.2) is 13.1 Å². The molecule has 0 saturated carbocycles. The zero-order valence-electron chi connectivity index (χ0n) is 9.57. The highest BCUT2D eigenvalue weighted by atomic mass is 32.2. The van der Waals surface area contributed by atoms with E-state index in [1.165, 1.54) is 11.1 Å². The van der Waals surface area contributed by atoms with E-state index in [2.05, 4.69) is 10.0 Å². The normalized spacial score (nSPS) is 20.0. The molecule has 1 heterocycles. The average molecular weight is 252 g/mol. The van der Waals surface area contributed by atoms with Gasteiger partial charge in [0.25, 0.3) is 0 Å². The Balaban J connectivity index is 1.87. The zero-order valence-corrected chi connectivity index (χ0v) is 10.4. The van der Waals surface area contributed by atoms with E-state index in [0.717, 1.165) is 32.4 Å². The first kappa shape index (κ1) is 11.2. The van der Waals surface area contributed by atoms with Crippen LogP contribution in [0.1, 0.15) is 17.5 Å². The molecule has 0 radical (unpaired) electrons. The molecule has 92 valence electrons. The Morgan fingerprint density at radius 3 is 2.65 bits per heavy atom. The monoisotopic (exact) mass is 252 g/mol. The predicted molar refractivity (Wildman–Crippen MR) is 65.4 cm³/mol. The van der Waals surface area contributed by atoms with Crippen molar-refractivity contribution in [1.82, 2.24) is 10.0 Å². The van der Waals surface area contributed by atoms with Gasteiger partial charge in [-0.05, 0) is 42.5 Å². The summed E-state index contributed by atoms with van der Waals surface area (Å²) in [6.45, 7) is 1.45. The van der Waals surface area contributed by atoms with Crippen molar-refractivity contribution in [2.24, 2.45) is 0 Å². The molecule has 0 bridgehead atoms. The lowest BCUT2D eigenvalue weighted by atomic mass is 10.1. The Bertz CT molecular complexity index is 535. The molecule has 1 aromatic carbocycles. The number of aryl methyl sites for hydroxylation is 2. The van der Waals surface area contributed by atoms with Crippen LogP contribution in [-0.4, -0.2) is 27.5 Å². The molecule has 4 nitrogen and oxygen atoms in total. The molecular weight excluding hydrogens is 236 g/mol. The van der Waals surface area contributed by atoms with Crippen LogP contribution >= 0.6 is 0 Å². The maximum absolute atomic E-state index is 12.1. The van der Waals surface area contributed by atoms with E-state index in [1.54, 1.807) is 6.07 Å². The maximum Gasteiger partial charge on any atom is 0.240 e. The van der Waals surface area contributed by atoms with Crippen molar-refractivity contribution in [3.05, 3.63) is 29.3 Å². The van der Waals surface area contributed by atoms with Crippen LogP contribution < -0.4 is 10.0 Å². The molecule has 0 atom stereocenters. The Kier molecular flexibility index (Phi) is 2.69. The molecule has 1 fully saturated rings. The number of nitrogens with one attached hydrogen (secondary N) is 2. The average Bonchev–Trinajstić information content (AvgIpc) is 2.70. The number of sulfonamides is 1. The van der Waals surface area contributed by atoms with E-state index in [0.29, 0.717) is 4.90 Å². The standard InChI is InChI=1S/C12H16N2O2S/c15-17(16,14-11-7-13-8-11)12-5-4-9-2-1-3-10(9)6-12/h4-6,11,13-14H,1-3,7-8H2. The van der Waals surface area contributed by atoms with Crippen molar-refractivity contribution in [1.29, 1.82) is 0 Å². The second-order valence-electron chi connectivity index (χ2n) is 4.76. The first-order valence-corrected chi connectivity index (χ1v) is 7.48. The second kappa shape index (κ2) is 4.08. The number of benzene rings is 1. The lowest BCUT2D eigenvalue weighted by Gasteiger charge is -2.27. The van der Waals surface area contributed by atoms with Crippen molar-refractivity contribution in [2.75, 3.05) is 13.1 Å². The van der Waals surface area contributed by atoms with Crippen LogP contribution in [0.15, 0.2) is 23.1 Å². The van der Waals surface area contributed by atoms with Gasteiger partial charge < -0.3 is 5.32 Å². The predicted octanol–water partition coefficient (Wildman–Crippen LogP) is 0.425. The molecule has 2 N–H and O–H groups in total. The molecule has 5 heteroatoms. The van der Waals surface area contributed by atoms with Crippen LogP contribution in [0.5, 0.6) is 0 Å². The summed E-state index contributed by atoms with van der Waals surface area (Å²) in [5.74, 6) is 0. The summed E-state index contributed by atoms with van der Waals surface area (Å²) >= 11 is 0. The van der Waals surface area contributed by atoms with E-state index in [1.807, 2.05) is 12.1 Å². The fourth-order valence-corrected chi connectivity index (χ4v) is 3.66. The minimum absolute atomic E-state index is 0.0493. The van der Waals surface area contributed by atoms with Crippen LogP contribution in [0.3, 0.4) is 0 Å². The molecule has 2 aliphatic rings. The fourth-order valence-electron chi connectivity index (χ4n) is 2.37. The van der Waals surface area contributed by atoms with Gasteiger partial charge in [-0.1, -0.05) is 6.07 Å². The van der Waals surface area contributed by atoms with Crippen molar-refractivity contribution in [3.63, 3.8) is 0 Å². The summed E-state index contributed by atoms with van der Waals surface area (Å²) in [6, 6.07) is 5.55. The third-order valence-corrected chi connectivity index (χ3v) is 5.00. The molecule has 0 amide bonds. The number of rotatable bonds is 3. The summed E-state index contributed by atoms with van der Waals surface area (Å²) in [5.41, 5.74) is 2.49. The minimum atomic E-state index is -3.33. The maximum atomic E-state index is 12.1. The lowest BCUT2D eigenvalue weighted by molar-refractivity contribution is 0.410. The number of fused-ring (bicyclic) bond motifs is 1. The van der Waals surface area contributed by atoms with Gasteiger partial charge in [-0.3, -0.25) is 0 Å². The molecule has 1 saturated heterocycles. The molecule has 17 heavy (non-hydrogen) atoms. The highest BCUT2D eigenvalue weighted by molar-refractivity contribution is 7.89. The Morgan fingerprint density at radius 1 is 1.18 bits per heavy atom. The third-order valence-electron chi connectivity index (χ3n) is 3.48. The van der Waals surface area contributed by atoms with Gasteiger partial charge in [0.15, 0.2) is 0 Å². The SMILES string of the molecule is O=S(=O)(NC1CNC1)c1ccc2c(c1)CCC2. The van der Waals surface area contributed by atoms with Gasteiger partial charge in [0.1, 0.15) is 0 Å². The quantitative estimate of drug-likeness (QED) is 0.820. The second-order valence-corrected chi connectivity index (χ2v) is 6.47. The summed E-state index contributed by atoms with van der Waals surface area (Å²) in [5, 5.41) is 3.05. The van der Waals surface area contributed by atoms with Crippen molar-refractivity contribution in [3.8, 4) is 0 Å². The lowest BCUT2D eigenvalue weighted by Crippen LogP contribution is -2.56. The number of hydrogen-bond acceptors (Lipinski definition) is 3. The van der Waals surface area contributed by atoms with Crippen molar-refractivity contribution < 1.29 is 8.42 Å². The van der Waals surface area contributed by atoms with Gasteiger partial charge in [0.2, 0.25) is 10.0 Å². The minimum Gasteiger partial charge on any atom is -0.313 e. The molecule has 1 aromatic rings. The van der Waals surface area contributed by atoms with E-state index < -0.39 is 10.0 Å². The van der Waals surface area contributed by atoms with E-state index in [9.17, 15) is 8.42 Å². The van der Waals surface area contributed by atoms with Gasteiger partial charge in [0.05, 0.1) is 4.90 Å². The zero-order chi connectivity index (χ0) is 11.9. The molecule has 0 unspecified atom stereocenters. The molecular formula is C12H16N2O2S. The van der Waals surface area contributed by atoms with Crippen LogP contribution in [0.4, 0.5) is 0 Å². The Labute approximate surface area is 101 Å². The highest BCUT2D eigenvalue weighted by Crippen LogP contribution is 2.24. The summed E-state index contributed by atoms with van der Waals surface area (Å²) < 4.78 is 26.9. The van der Waals surface area contributed by atoms with Gasteiger partial charge in [-0.2, -0.15) is 0 Å². The van der Waals surface area contributed by atoms with Crippen molar-refractivity contribution in [2.45, 2.75) is 30.2 Å². The fraction of sp³-hybridized carbons (Fsp3) is 0.500. The topological polar surface area (TPSA) is 58.2 Å². The van der Waals surface area contributed by atoms with Gasteiger partial charge in [-0.15, -0.1) is 0 Å². The van der Waals surface area contributed by atoms with Crippen LogP contribution in [0.2, 0.25) is 0 Å². The Hall–Kier alpha value is -0.910. The Morgan fingerprint density at radius 2 is 1.94 bits per heavy atom. The van der Waals surface area contributed by atoms with Crippen LogP contribution in [0.25, 0.3) is 0 Å². The smallest absolute Gasteiger partial charge is 0.240 e. The summed E-state index contributed by atoms with van der Waals surface area (Å²) in [4.78, 5) is 0.407. The molecule has 1 aliphatic heterocycles. The first-order chi connectivity index (χ1) is 8.15. The van der Waals surface area contributed by atoms with Crippen molar-refractivity contribution >= 4 is 10.0 Å². The molecule has 1 aliphatic carbocycles. The van der Waals surface area contributed by atoms with Gasteiger partial charge in [0, 0.05) is 19.1 Å². The largest absolute Gasteiger partial charge is 0.313 e. The first-order valence-electron chi connectivity index (χ1n) is 6.00. The third kappa shape index (κ3) is 2.10. The van der Waals surface area contributed by atoms with Crippen LogP contribution in [0, 0.1) is 0 Å². The summed E-state index contributed by atoms with van der Waals surface area (Å²) in [7, 11) is -3.33. The molecule has 0 spiro atoms. The molecule has 3 rings (SSSR count). The van der Waals surface area contributed by atoms with Crippen LogP contribution in [-0.2, 0) is 22.9 Å². The molecule has 0 aromatic heterocycles. The van der Waals surface area contributed by atoms with Gasteiger partial charge >= 0.3 is 0 Å². The van der Waals surface area contributed by atoms with E-state index >= 15 is 0 Å². The number of hydrogen-bond donors (Lipinski definition) is 2.